The molecule has 0 saturated heterocycles. The molecule has 1 aromatic carbocycles. The van der Waals surface area contributed by atoms with E-state index in [1.165, 1.54) is 0 Å². The van der Waals surface area contributed by atoms with Crippen LogP contribution in [0.3, 0.4) is 0 Å². The van der Waals surface area contributed by atoms with Crippen molar-refractivity contribution in [3.8, 4) is 5.75 Å². The molecule has 0 aliphatic rings. The summed E-state index contributed by atoms with van der Waals surface area (Å²) in [7, 11) is 0. The zero-order chi connectivity index (χ0) is 9.84. The molecule has 0 aromatic heterocycles. The Hall–Kier alpha value is -1.31. The van der Waals surface area contributed by atoms with Gasteiger partial charge in [0.2, 0.25) is 0 Å². The van der Waals surface area contributed by atoms with Crippen molar-refractivity contribution in [3.05, 3.63) is 23.8 Å². The third kappa shape index (κ3) is 2.08. The number of rotatable bonds is 2. The van der Waals surface area contributed by atoms with Crippen molar-refractivity contribution in [3.63, 3.8) is 0 Å². The van der Waals surface area contributed by atoms with Gasteiger partial charge in [0.1, 0.15) is 11.4 Å². The molecule has 0 aliphatic heterocycles. The first-order chi connectivity index (χ1) is 6.16. The zero-order valence-electron chi connectivity index (χ0n) is 8.28. The second-order valence-corrected chi connectivity index (χ2v) is 3.26. The maximum atomic E-state index is 9.78. The number of para-hydroxylation sites is 1. The Labute approximate surface area is 78.9 Å². The molecule has 0 spiro atoms. The van der Waals surface area contributed by atoms with E-state index in [1.807, 2.05) is 19.1 Å². The summed E-state index contributed by atoms with van der Waals surface area (Å²) in [6.45, 7) is 5.93. The fraction of sp³-hybridized carbons (Fsp3) is 0.364. The summed E-state index contributed by atoms with van der Waals surface area (Å²) in [5.74, 6) is 0.627. The highest BCUT2D eigenvalue weighted by atomic mass is 16.3. The monoisotopic (exact) mass is 177 g/mol. The Morgan fingerprint density at radius 2 is 2.08 bits per heavy atom. The van der Waals surface area contributed by atoms with E-state index in [4.69, 9.17) is 0 Å². The molecule has 1 N–H and O–H groups in total. The topological polar surface area (TPSA) is 32.6 Å². The van der Waals surface area contributed by atoms with Crippen LogP contribution in [-0.4, -0.2) is 11.3 Å². The van der Waals surface area contributed by atoms with Crippen molar-refractivity contribution < 1.29 is 5.11 Å². The Balaban J connectivity index is 3.18. The highest BCUT2D eigenvalue weighted by Gasteiger charge is 2.08. The van der Waals surface area contributed by atoms with Crippen molar-refractivity contribution in [2.75, 3.05) is 0 Å². The first-order valence-electron chi connectivity index (χ1n) is 4.47. The van der Waals surface area contributed by atoms with Crippen LogP contribution in [0, 0.1) is 0 Å². The van der Waals surface area contributed by atoms with Crippen LogP contribution in [-0.2, 0) is 0 Å². The van der Waals surface area contributed by atoms with Crippen molar-refractivity contribution in [2.24, 2.45) is 4.99 Å². The van der Waals surface area contributed by atoms with Gasteiger partial charge in [-0.2, -0.15) is 0 Å². The van der Waals surface area contributed by atoms with E-state index < -0.39 is 0 Å². The van der Waals surface area contributed by atoms with Crippen molar-refractivity contribution in [2.45, 2.75) is 26.7 Å². The maximum absolute atomic E-state index is 9.78. The Kier molecular flexibility index (Phi) is 3.07. The van der Waals surface area contributed by atoms with Gasteiger partial charge in [-0.1, -0.05) is 26.0 Å². The van der Waals surface area contributed by atoms with Gasteiger partial charge in [0.25, 0.3) is 0 Å². The van der Waals surface area contributed by atoms with Gasteiger partial charge in [0, 0.05) is 6.21 Å². The van der Waals surface area contributed by atoms with Crippen LogP contribution < -0.4 is 0 Å². The summed E-state index contributed by atoms with van der Waals surface area (Å²) in [6, 6.07) is 5.65. The Bertz CT molecular complexity index is 316. The van der Waals surface area contributed by atoms with E-state index in [0.717, 1.165) is 5.56 Å². The number of phenolic OH excluding ortho intramolecular Hbond substituents is 1. The number of hydrogen-bond donors (Lipinski definition) is 1. The molecular weight excluding hydrogens is 162 g/mol. The van der Waals surface area contributed by atoms with Gasteiger partial charge in [-0.05, 0) is 24.5 Å². The van der Waals surface area contributed by atoms with E-state index >= 15 is 0 Å². The van der Waals surface area contributed by atoms with Crippen LogP contribution in [0.15, 0.2) is 23.2 Å². The molecule has 0 amide bonds. The minimum atomic E-state index is 0.301. The summed E-state index contributed by atoms with van der Waals surface area (Å²) in [4.78, 5) is 4.07. The molecule has 1 aromatic rings. The van der Waals surface area contributed by atoms with Crippen LogP contribution in [0.4, 0.5) is 5.69 Å². The zero-order valence-corrected chi connectivity index (χ0v) is 8.28. The van der Waals surface area contributed by atoms with Gasteiger partial charge in [0.15, 0.2) is 0 Å². The van der Waals surface area contributed by atoms with Crippen molar-refractivity contribution in [1.82, 2.24) is 0 Å². The standard InChI is InChI=1S/C11H15NO/c1-4-12-10-7-5-6-9(8(2)3)11(10)13/h4-8,13H,1-3H3. The second-order valence-electron chi connectivity index (χ2n) is 3.26. The number of phenols is 1. The van der Waals surface area contributed by atoms with Crippen molar-refractivity contribution in [1.29, 1.82) is 0 Å². The van der Waals surface area contributed by atoms with Gasteiger partial charge in [-0.15, -0.1) is 0 Å². The molecule has 13 heavy (non-hydrogen) atoms. The Morgan fingerprint density at radius 1 is 1.38 bits per heavy atom. The molecular formula is C11H15NO. The van der Waals surface area contributed by atoms with E-state index in [2.05, 4.69) is 18.8 Å². The van der Waals surface area contributed by atoms with Crippen LogP contribution in [0.1, 0.15) is 32.3 Å². The van der Waals surface area contributed by atoms with Crippen LogP contribution in [0.5, 0.6) is 5.75 Å². The fourth-order valence-corrected chi connectivity index (χ4v) is 1.26. The molecule has 0 saturated carbocycles. The average Bonchev–Trinajstić information content (AvgIpc) is 2.08. The highest BCUT2D eigenvalue weighted by Crippen LogP contribution is 2.33. The van der Waals surface area contributed by atoms with Gasteiger partial charge in [-0.25, -0.2) is 0 Å². The van der Waals surface area contributed by atoms with E-state index in [9.17, 15) is 5.11 Å². The Morgan fingerprint density at radius 3 is 2.62 bits per heavy atom. The predicted molar refractivity (Wildman–Crippen MR) is 56.0 cm³/mol. The van der Waals surface area contributed by atoms with Crippen LogP contribution in [0.25, 0.3) is 0 Å². The fourth-order valence-electron chi connectivity index (χ4n) is 1.26. The number of aromatic hydroxyl groups is 1. The molecule has 0 bridgehead atoms. The lowest BCUT2D eigenvalue weighted by Gasteiger charge is -2.09. The third-order valence-corrected chi connectivity index (χ3v) is 1.94. The van der Waals surface area contributed by atoms with E-state index in [1.54, 1.807) is 12.3 Å². The van der Waals surface area contributed by atoms with Crippen LogP contribution >= 0.6 is 0 Å². The number of nitrogens with zero attached hydrogens (tertiary/aromatic N) is 1. The molecule has 0 radical (unpaired) electrons. The van der Waals surface area contributed by atoms with Gasteiger partial charge in [-0.3, -0.25) is 4.99 Å². The lowest BCUT2D eigenvalue weighted by atomic mass is 10.0. The molecule has 2 nitrogen and oxygen atoms in total. The number of benzene rings is 1. The van der Waals surface area contributed by atoms with Crippen LogP contribution in [0.2, 0.25) is 0 Å². The average molecular weight is 177 g/mol. The summed E-state index contributed by atoms with van der Waals surface area (Å²) < 4.78 is 0. The minimum absolute atomic E-state index is 0.301. The summed E-state index contributed by atoms with van der Waals surface area (Å²) >= 11 is 0. The second kappa shape index (κ2) is 4.08. The highest BCUT2D eigenvalue weighted by molar-refractivity contribution is 5.65. The maximum Gasteiger partial charge on any atom is 0.144 e. The molecule has 70 valence electrons. The van der Waals surface area contributed by atoms with E-state index in [0.29, 0.717) is 17.4 Å². The SMILES string of the molecule is CC=Nc1cccc(C(C)C)c1O. The van der Waals surface area contributed by atoms with E-state index in [-0.39, 0.29) is 0 Å². The van der Waals surface area contributed by atoms with Gasteiger partial charge >= 0.3 is 0 Å². The minimum Gasteiger partial charge on any atom is -0.505 e. The predicted octanol–water partition coefficient (Wildman–Crippen LogP) is 3.24. The molecule has 0 aliphatic carbocycles. The first kappa shape index (κ1) is 9.78. The molecule has 0 fully saturated rings. The van der Waals surface area contributed by atoms with Gasteiger partial charge < -0.3 is 5.11 Å². The number of hydrogen-bond acceptors (Lipinski definition) is 2. The molecule has 1 rings (SSSR count). The summed E-state index contributed by atoms with van der Waals surface area (Å²) in [5, 5.41) is 9.78. The molecule has 0 unspecified atom stereocenters. The number of aliphatic imine (C=N–C) groups is 1. The third-order valence-electron chi connectivity index (χ3n) is 1.94. The molecule has 2 heteroatoms. The lowest BCUT2D eigenvalue weighted by molar-refractivity contribution is 0.466. The summed E-state index contributed by atoms with van der Waals surface area (Å²) in [6.07, 6.45) is 1.68. The summed E-state index contributed by atoms with van der Waals surface area (Å²) in [5.41, 5.74) is 1.59. The lowest BCUT2D eigenvalue weighted by Crippen LogP contribution is -1.87. The van der Waals surface area contributed by atoms with Crippen molar-refractivity contribution >= 4 is 11.9 Å². The normalized spacial score (nSPS) is 11.4. The largest absolute Gasteiger partial charge is 0.505 e. The molecule has 0 atom stereocenters. The quantitative estimate of drug-likeness (QED) is 0.691. The van der Waals surface area contributed by atoms with Gasteiger partial charge in [0.05, 0.1) is 0 Å². The smallest absolute Gasteiger partial charge is 0.144 e. The molecule has 0 heterocycles. The first-order valence-corrected chi connectivity index (χ1v) is 4.47.